The monoisotopic (exact) mass is 270 g/mol. The molecule has 104 valence electrons. The van der Waals surface area contributed by atoms with Gasteiger partial charge in [0.25, 0.3) is 0 Å². The normalized spacial score (nSPS) is 44.7. The van der Waals surface area contributed by atoms with Gasteiger partial charge in [-0.2, -0.15) is 0 Å². The van der Waals surface area contributed by atoms with Crippen molar-refractivity contribution in [3.63, 3.8) is 0 Å². The first-order chi connectivity index (χ1) is 8.83. The van der Waals surface area contributed by atoms with Crippen molar-refractivity contribution in [2.75, 3.05) is 20.3 Å². The van der Waals surface area contributed by atoms with Gasteiger partial charge in [0.05, 0.1) is 11.5 Å². The lowest BCUT2D eigenvalue weighted by atomic mass is 9.80. The number of thioether (sulfide) groups is 1. The van der Waals surface area contributed by atoms with Crippen molar-refractivity contribution in [2.24, 2.45) is 17.8 Å². The standard InChI is InChI=1S/C14H26N2OS/c1-3-10(17-2)6-9-4-5-12-13(9)11-7-15-8-16-14(11)18-12/h9-16H,3-8H2,1-2H3/t9-,10?,11?,12?,13?,14?/m1/s1. The molecule has 1 saturated carbocycles. The highest BCUT2D eigenvalue weighted by molar-refractivity contribution is 8.00. The van der Waals surface area contributed by atoms with E-state index in [1.807, 2.05) is 7.11 Å². The average Bonchev–Trinajstić information content (AvgIpc) is 2.95. The van der Waals surface area contributed by atoms with Gasteiger partial charge in [0, 0.05) is 31.5 Å². The van der Waals surface area contributed by atoms with E-state index in [1.165, 1.54) is 25.8 Å². The fourth-order valence-electron chi connectivity index (χ4n) is 4.24. The maximum Gasteiger partial charge on any atom is 0.0588 e. The second kappa shape index (κ2) is 5.70. The summed E-state index contributed by atoms with van der Waals surface area (Å²) in [6.07, 6.45) is 5.75. The largest absolute Gasteiger partial charge is 0.381 e. The van der Waals surface area contributed by atoms with Crippen molar-refractivity contribution >= 4 is 11.8 Å². The molecule has 0 spiro atoms. The molecular weight excluding hydrogens is 244 g/mol. The fourth-order valence-corrected chi connectivity index (χ4v) is 6.15. The van der Waals surface area contributed by atoms with Crippen LogP contribution in [0.3, 0.4) is 0 Å². The van der Waals surface area contributed by atoms with Crippen molar-refractivity contribution in [2.45, 2.75) is 49.3 Å². The van der Waals surface area contributed by atoms with Gasteiger partial charge < -0.3 is 10.1 Å². The van der Waals surface area contributed by atoms with Crippen LogP contribution in [0.25, 0.3) is 0 Å². The maximum absolute atomic E-state index is 5.61. The van der Waals surface area contributed by atoms with Gasteiger partial charge in [0.15, 0.2) is 0 Å². The third kappa shape index (κ3) is 2.33. The number of fused-ring (bicyclic) bond motifs is 3. The van der Waals surface area contributed by atoms with E-state index in [4.69, 9.17) is 4.74 Å². The third-order valence-electron chi connectivity index (χ3n) is 5.16. The second-order valence-electron chi connectivity index (χ2n) is 6.01. The van der Waals surface area contributed by atoms with E-state index in [-0.39, 0.29) is 0 Å². The molecule has 3 aliphatic rings. The summed E-state index contributed by atoms with van der Waals surface area (Å²) in [5.74, 6) is 2.66. The molecule has 0 radical (unpaired) electrons. The van der Waals surface area contributed by atoms with Gasteiger partial charge in [0.1, 0.15) is 0 Å². The Morgan fingerprint density at radius 2 is 2.28 bits per heavy atom. The quantitative estimate of drug-likeness (QED) is 0.819. The number of rotatable bonds is 4. The minimum absolute atomic E-state index is 0.474. The van der Waals surface area contributed by atoms with Gasteiger partial charge in [-0.25, -0.2) is 0 Å². The summed E-state index contributed by atoms with van der Waals surface area (Å²) in [6.45, 7) is 4.45. The van der Waals surface area contributed by atoms with Gasteiger partial charge in [-0.05, 0) is 37.5 Å². The fraction of sp³-hybridized carbons (Fsp3) is 1.00. The summed E-state index contributed by atoms with van der Waals surface area (Å²) < 4.78 is 5.61. The van der Waals surface area contributed by atoms with Crippen molar-refractivity contribution in [3.05, 3.63) is 0 Å². The lowest BCUT2D eigenvalue weighted by molar-refractivity contribution is 0.0642. The van der Waals surface area contributed by atoms with Crippen LogP contribution in [-0.4, -0.2) is 37.1 Å². The molecule has 2 aliphatic heterocycles. The summed E-state index contributed by atoms with van der Waals surface area (Å²) in [5.41, 5.74) is 0. The molecule has 1 aliphatic carbocycles. The molecule has 3 nitrogen and oxygen atoms in total. The highest BCUT2D eigenvalue weighted by Gasteiger charge is 2.51. The van der Waals surface area contributed by atoms with E-state index >= 15 is 0 Å². The molecule has 3 fully saturated rings. The Bertz CT molecular complexity index is 285. The average molecular weight is 270 g/mol. The van der Waals surface area contributed by atoms with Crippen molar-refractivity contribution in [3.8, 4) is 0 Å². The number of nitrogens with one attached hydrogen (secondary N) is 2. The molecule has 3 rings (SSSR count). The first-order valence-electron chi connectivity index (χ1n) is 7.45. The van der Waals surface area contributed by atoms with Crippen molar-refractivity contribution in [1.82, 2.24) is 10.6 Å². The zero-order valence-corrected chi connectivity index (χ0v) is 12.3. The molecular formula is C14H26N2OS. The maximum atomic E-state index is 5.61. The van der Waals surface area contributed by atoms with Crippen LogP contribution in [0.1, 0.15) is 32.6 Å². The summed E-state index contributed by atoms with van der Waals surface area (Å²) in [6, 6.07) is 0. The first kappa shape index (κ1) is 13.2. The number of methoxy groups -OCH3 is 1. The minimum atomic E-state index is 0.474. The van der Waals surface area contributed by atoms with Crippen molar-refractivity contribution in [1.29, 1.82) is 0 Å². The Balaban J connectivity index is 1.66. The molecule has 4 heteroatoms. The molecule has 6 atom stereocenters. The molecule has 2 N–H and O–H groups in total. The lowest BCUT2D eigenvalue weighted by Crippen LogP contribution is -2.50. The van der Waals surface area contributed by atoms with Crippen LogP contribution in [0.2, 0.25) is 0 Å². The highest BCUT2D eigenvalue weighted by Crippen LogP contribution is 2.54. The zero-order chi connectivity index (χ0) is 12.5. The predicted molar refractivity (Wildman–Crippen MR) is 76.6 cm³/mol. The molecule has 18 heavy (non-hydrogen) atoms. The Kier molecular flexibility index (Phi) is 4.18. The van der Waals surface area contributed by atoms with E-state index in [9.17, 15) is 0 Å². The van der Waals surface area contributed by atoms with Crippen LogP contribution >= 0.6 is 11.8 Å². The summed E-state index contributed by atoms with van der Waals surface area (Å²) in [4.78, 5) is 0. The van der Waals surface area contributed by atoms with Crippen LogP contribution < -0.4 is 10.6 Å². The number of ether oxygens (including phenoxy) is 1. The molecule has 2 saturated heterocycles. The Morgan fingerprint density at radius 1 is 1.39 bits per heavy atom. The third-order valence-corrected chi connectivity index (χ3v) is 6.87. The van der Waals surface area contributed by atoms with Crippen LogP contribution in [0, 0.1) is 17.8 Å². The first-order valence-corrected chi connectivity index (χ1v) is 8.40. The summed E-state index contributed by atoms with van der Waals surface area (Å²) in [7, 11) is 1.87. The van der Waals surface area contributed by atoms with Crippen LogP contribution in [-0.2, 0) is 4.74 Å². The molecule has 5 unspecified atom stereocenters. The van der Waals surface area contributed by atoms with E-state index in [1.54, 1.807) is 0 Å². The van der Waals surface area contributed by atoms with Gasteiger partial charge in [-0.15, -0.1) is 11.8 Å². The van der Waals surface area contributed by atoms with Crippen LogP contribution in [0.5, 0.6) is 0 Å². The lowest BCUT2D eigenvalue weighted by Gasteiger charge is -2.33. The highest BCUT2D eigenvalue weighted by atomic mass is 32.2. The van der Waals surface area contributed by atoms with E-state index < -0.39 is 0 Å². The molecule has 0 aromatic carbocycles. The molecule has 0 bridgehead atoms. The summed E-state index contributed by atoms with van der Waals surface area (Å²) >= 11 is 2.22. The van der Waals surface area contributed by atoms with Crippen LogP contribution in [0.15, 0.2) is 0 Å². The van der Waals surface area contributed by atoms with Crippen LogP contribution in [0.4, 0.5) is 0 Å². The van der Waals surface area contributed by atoms with Gasteiger partial charge in [0.2, 0.25) is 0 Å². The second-order valence-corrected chi connectivity index (χ2v) is 7.40. The van der Waals surface area contributed by atoms with Gasteiger partial charge in [-0.3, -0.25) is 5.32 Å². The smallest absolute Gasteiger partial charge is 0.0588 e. The van der Waals surface area contributed by atoms with E-state index in [0.29, 0.717) is 11.5 Å². The molecule has 0 amide bonds. The number of hydrogen-bond acceptors (Lipinski definition) is 4. The van der Waals surface area contributed by atoms with E-state index in [0.717, 1.165) is 36.1 Å². The molecule has 0 aromatic heterocycles. The Labute approximate surface area is 115 Å². The topological polar surface area (TPSA) is 33.3 Å². The predicted octanol–water partition coefficient (Wildman–Crippen LogP) is 2.04. The van der Waals surface area contributed by atoms with Gasteiger partial charge >= 0.3 is 0 Å². The Hall–Kier alpha value is 0.230. The summed E-state index contributed by atoms with van der Waals surface area (Å²) in [5, 5.41) is 8.77. The van der Waals surface area contributed by atoms with E-state index in [2.05, 4.69) is 29.3 Å². The van der Waals surface area contributed by atoms with Crippen molar-refractivity contribution < 1.29 is 4.74 Å². The SMILES string of the molecule is CCC(C[C@H]1CCC2SC3NCNCC3C21)OC. The number of hydrogen-bond donors (Lipinski definition) is 2. The Morgan fingerprint density at radius 3 is 3.06 bits per heavy atom. The molecule has 0 aromatic rings. The minimum Gasteiger partial charge on any atom is -0.381 e. The van der Waals surface area contributed by atoms with Gasteiger partial charge in [-0.1, -0.05) is 6.92 Å². The molecule has 2 heterocycles. The zero-order valence-electron chi connectivity index (χ0n) is 11.5.